The minimum Gasteiger partial charge on any atom is -1.00 e. The molecule has 0 aromatic heterocycles. The molecule has 0 unspecified atom stereocenters. The van der Waals surface area contributed by atoms with Crippen LogP contribution in [0.2, 0.25) is 0 Å². The zero-order chi connectivity index (χ0) is 0. The first kappa shape index (κ1) is 370. The van der Waals surface area contributed by atoms with Gasteiger partial charge in [-0.2, -0.15) is 0 Å². The first-order valence-corrected chi connectivity index (χ1v) is 0. The van der Waals surface area contributed by atoms with Crippen molar-refractivity contribution in [2.45, 2.75) is 0 Å². The van der Waals surface area contributed by atoms with E-state index in [-0.39, 0.29) is 79.9 Å². The van der Waals surface area contributed by atoms with Crippen molar-refractivity contribution >= 4 is 51.7 Å². The topological polar surface area (TPSA) is 0 Å². The van der Waals surface area contributed by atoms with Gasteiger partial charge in [0.15, 0.2) is 0 Å². The van der Waals surface area contributed by atoms with Crippen LogP contribution < -0.4 is 28.2 Å². The second-order valence-corrected chi connectivity index (χ2v) is 0. The van der Waals surface area contributed by atoms with Crippen LogP contribution in [0.3, 0.4) is 0 Å². The molecule has 0 amide bonds. The van der Waals surface area contributed by atoms with Crippen molar-refractivity contribution in [2.24, 2.45) is 0 Å². The Labute approximate surface area is 79.6 Å². The van der Waals surface area contributed by atoms with Crippen molar-refractivity contribution in [2.75, 3.05) is 0 Å². The normalized spacial score (nSPS) is 0. The van der Waals surface area contributed by atoms with E-state index in [0.717, 1.165) is 0 Å². The maximum Gasteiger partial charge on any atom is 3.00 e. The SMILES string of the molecule is [F-].[F-].[F-].[F-].[F-].[F-].[In+3].[In+3]. The van der Waals surface area contributed by atoms with Gasteiger partial charge in [-0.05, 0) is 0 Å². The fourth-order valence-corrected chi connectivity index (χ4v) is 0. The Morgan fingerprint density at radius 1 is 0.250 bits per heavy atom. The van der Waals surface area contributed by atoms with Gasteiger partial charge in [-0.1, -0.05) is 0 Å². The van der Waals surface area contributed by atoms with Crippen molar-refractivity contribution in [3.05, 3.63) is 0 Å². The average molecular weight is 344 g/mol. The van der Waals surface area contributed by atoms with E-state index in [0.29, 0.717) is 0 Å². The van der Waals surface area contributed by atoms with Gasteiger partial charge in [0.1, 0.15) is 0 Å². The quantitative estimate of drug-likeness (QED) is 0.383. The Bertz CT molecular complexity index is 6.49. The summed E-state index contributed by atoms with van der Waals surface area (Å²) in [6.07, 6.45) is 0. The smallest absolute Gasteiger partial charge is 1.00 e. The number of rotatable bonds is 0. The standard InChI is InChI=1S/6FH.2In/h6*1H;;/q;;;;;;2*+3/p-6. The Hall–Kier alpha value is 1.32. The molecule has 0 aromatic carbocycles. The maximum atomic E-state index is 0. The van der Waals surface area contributed by atoms with Gasteiger partial charge in [0.25, 0.3) is 0 Å². The third kappa shape index (κ3) is 168. The van der Waals surface area contributed by atoms with Crippen LogP contribution >= 0.6 is 0 Å². The van der Waals surface area contributed by atoms with Crippen molar-refractivity contribution < 1.29 is 28.2 Å². The molecule has 0 atom stereocenters. The number of hydrogen-bond acceptors (Lipinski definition) is 0. The Morgan fingerprint density at radius 3 is 0.250 bits per heavy atom. The third-order valence-corrected chi connectivity index (χ3v) is 0. The third-order valence-electron chi connectivity index (χ3n) is 0. The Morgan fingerprint density at radius 2 is 0.250 bits per heavy atom. The van der Waals surface area contributed by atoms with E-state index < -0.39 is 0 Å². The fraction of sp³-hybridized carbons (Fsp3) is 0. The first-order valence-electron chi connectivity index (χ1n) is 0. The molecular weight excluding hydrogens is 344 g/mol. The molecule has 8 heavy (non-hydrogen) atoms. The number of halogens is 6. The zero-order valence-corrected chi connectivity index (χ0v) is 10.0. The van der Waals surface area contributed by atoms with Gasteiger partial charge in [-0.3, -0.25) is 0 Å². The molecule has 48 valence electrons. The van der Waals surface area contributed by atoms with Crippen LogP contribution in [0, 0.1) is 0 Å². The van der Waals surface area contributed by atoms with Gasteiger partial charge in [-0.15, -0.1) is 0 Å². The molecule has 0 bridgehead atoms. The molecule has 0 radical (unpaired) electrons. The van der Waals surface area contributed by atoms with E-state index >= 15 is 0 Å². The van der Waals surface area contributed by atoms with E-state index in [9.17, 15) is 0 Å². The maximum absolute atomic E-state index is 0. The molecule has 0 N–H and O–H groups in total. The molecule has 0 saturated carbocycles. The molecule has 0 heterocycles. The molecule has 0 aliphatic carbocycles. The van der Waals surface area contributed by atoms with Crippen LogP contribution in [0.1, 0.15) is 0 Å². The van der Waals surface area contributed by atoms with Crippen molar-refractivity contribution in [3.8, 4) is 0 Å². The van der Waals surface area contributed by atoms with Crippen LogP contribution in [0.15, 0.2) is 0 Å². The van der Waals surface area contributed by atoms with Crippen molar-refractivity contribution in [1.82, 2.24) is 0 Å². The van der Waals surface area contributed by atoms with Crippen LogP contribution in [0.5, 0.6) is 0 Å². The van der Waals surface area contributed by atoms with E-state index in [1.807, 2.05) is 0 Å². The van der Waals surface area contributed by atoms with E-state index in [1.54, 1.807) is 0 Å². The van der Waals surface area contributed by atoms with Gasteiger partial charge in [0.2, 0.25) is 0 Å². The Kier molecular flexibility index (Phi) is 11800. The van der Waals surface area contributed by atoms with Gasteiger partial charge in [0, 0.05) is 0 Å². The summed E-state index contributed by atoms with van der Waals surface area (Å²) in [5.41, 5.74) is 0. The monoisotopic (exact) mass is 344 g/mol. The summed E-state index contributed by atoms with van der Waals surface area (Å²) in [4.78, 5) is 0. The molecule has 0 rings (SSSR count). The molecule has 0 saturated heterocycles. The van der Waals surface area contributed by atoms with Gasteiger partial charge >= 0.3 is 51.7 Å². The van der Waals surface area contributed by atoms with Crippen LogP contribution in [0.25, 0.3) is 0 Å². The second-order valence-electron chi connectivity index (χ2n) is 0. The second kappa shape index (κ2) is 256. The largest absolute Gasteiger partial charge is 3.00 e. The molecule has 0 fully saturated rings. The van der Waals surface area contributed by atoms with E-state index in [2.05, 4.69) is 0 Å². The van der Waals surface area contributed by atoms with Gasteiger partial charge in [0.05, 0.1) is 0 Å². The summed E-state index contributed by atoms with van der Waals surface area (Å²) in [6, 6.07) is 0. The summed E-state index contributed by atoms with van der Waals surface area (Å²) < 4.78 is 0. The molecule has 0 aliphatic heterocycles. The van der Waals surface area contributed by atoms with Crippen LogP contribution in [-0.4, -0.2) is 51.7 Å². The Balaban J connectivity index is 0. The van der Waals surface area contributed by atoms with Crippen molar-refractivity contribution in [1.29, 1.82) is 0 Å². The van der Waals surface area contributed by atoms with Gasteiger partial charge < -0.3 is 28.2 Å². The van der Waals surface area contributed by atoms with Gasteiger partial charge in [-0.25, -0.2) is 0 Å². The molecule has 0 spiro atoms. The van der Waals surface area contributed by atoms with E-state index in [4.69, 9.17) is 0 Å². The minimum absolute atomic E-state index is 0. The predicted octanol–water partition coefficient (Wildman–Crippen LogP) is -18.7. The zero-order valence-electron chi connectivity index (χ0n) is 3.42. The summed E-state index contributed by atoms with van der Waals surface area (Å²) in [7, 11) is 0. The van der Waals surface area contributed by atoms with E-state index in [1.165, 1.54) is 0 Å². The predicted molar refractivity (Wildman–Crippen MR) is 11.5 cm³/mol. The average Bonchev–Trinajstić information content (AvgIpc) is 0. The summed E-state index contributed by atoms with van der Waals surface area (Å²) in [5, 5.41) is 0. The molecular formula is F6In2. The fourth-order valence-electron chi connectivity index (χ4n) is 0. The van der Waals surface area contributed by atoms with Crippen molar-refractivity contribution in [3.63, 3.8) is 0 Å². The number of hydrogen-bond donors (Lipinski definition) is 0. The van der Waals surface area contributed by atoms with Crippen LogP contribution in [0.4, 0.5) is 0 Å². The summed E-state index contributed by atoms with van der Waals surface area (Å²) in [6.45, 7) is 0. The molecule has 0 aromatic rings. The first-order chi connectivity index (χ1) is 0. The molecule has 0 nitrogen and oxygen atoms in total. The van der Waals surface area contributed by atoms with Crippen LogP contribution in [-0.2, 0) is 0 Å². The minimum atomic E-state index is 0. The molecule has 8 heteroatoms. The summed E-state index contributed by atoms with van der Waals surface area (Å²) in [5.74, 6) is 0. The summed E-state index contributed by atoms with van der Waals surface area (Å²) >= 11 is 0. The molecule has 0 aliphatic rings.